The van der Waals surface area contributed by atoms with Crippen molar-refractivity contribution in [2.75, 3.05) is 5.73 Å². The van der Waals surface area contributed by atoms with Gasteiger partial charge in [0.1, 0.15) is 11.3 Å². The molecular formula is C15H22Cl2N4. The lowest BCUT2D eigenvalue weighted by Crippen LogP contribution is -2.13. The van der Waals surface area contributed by atoms with E-state index in [1.165, 1.54) is 23.9 Å². The maximum atomic E-state index is 6.12. The van der Waals surface area contributed by atoms with Crippen LogP contribution in [0, 0.1) is 5.92 Å². The van der Waals surface area contributed by atoms with Crippen LogP contribution in [0.2, 0.25) is 0 Å². The SMILES string of the molecule is CC(C)Cn1c(CCl)nc2c(N)nc3c(c21)CCCC3.Cl. The van der Waals surface area contributed by atoms with Crippen molar-refractivity contribution in [3.05, 3.63) is 17.1 Å². The van der Waals surface area contributed by atoms with E-state index >= 15 is 0 Å². The molecule has 0 radical (unpaired) electrons. The highest BCUT2D eigenvalue weighted by Gasteiger charge is 2.22. The Hall–Kier alpha value is -1.000. The largest absolute Gasteiger partial charge is 0.382 e. The first-order valence-electron chi connectivity index (χ1n) is 7.34. The molecule has 0 bridgehead atoms. The highest BCUT2D eigenvalue weighted by molar-refractivity contribution is 6.17. The molecule has 2 aromatic rings. The van der Waals surface area contributed by atoms with Gasteiger partial charge in [0.15, 0.2) is 5.82 Å². The fourth-order valence-electron chi connectivity index (χ4n) is 3.11. The molecule has 2 N–H and O–H groups in total. The van der Waals surface area contributed by atoms with Crippen LogP contribution in [0.25, 0.3) is 11.0 Å². The summed E-state index contributed by atoms with van der Waals surface area (Å²) >= 11 is 6.08. The van der Waals surface area contributed by atoms with E-state index in [0.29, 0.717) is 17.6 Å². The van der Waals surface area contributed by atoms with Crippen LogP contribution in [-0.4, -0.2) is 14.5 Å². The third-order valence-electron chi connectivity index (χ3n) is 3.94. The number of nitrogens with zero attached hydrogens (tertiary/aromatic N) is 3. The Morgan fingerprint density at radius 2 is 1.95 bits per heavy atom. The van der Waals surface area contributed by atoms with Crippen LogP contribution < -0.4 is 5.73 Å². The van der Waals surface area contributed by atoms with E-state index in [4.69, 9.17) is 17.3 Å². The van der Waals surface area contributed by atoms with Gasteiger partial charge in [-0.05, 0) is 37.2 Å². The van der Waals surface area contributed by atoms with Gasteiger partial charge >= 0.3 is 0 Å². The summed E-state index contributed by atoms with van der Waals surface area (Å²) < 4.78 is 2.26. The van der Waals surface area contributed by atoms with Crippen molar-refractivity contribution in [2.45, 2.75) is 52.0 Å². The zero-order valence-electron chi connectivity index (χ0n) is 12.5. The van der Waals surface area contributed by atoms with Crippen molar-refractivity contribution >= 4 is 40.9 Å². The van der Waals surface area contributed by atoms with Gasteiger partial charge in [0.25, 0.3) is 0 Å². The maximum Gasteiger partial charge on any atom is 0.151 e. The van der Waals surface area contributed by atoms with Gasteiger partial charge in [-0.3, -0.25) is 0 Å². The number of aryl methyl sites for hydroxylation is 2. The summed E-state index contributed by atoms with van der Waals surface area (Å²) in [5.74, 6) is 2.41. The number of rotatable bonds is 3. The van der Waals surface area contributed by atoms with Crippen molar-refractivity contribution in [2.24, 2.45) is 5.92 Å². The van der Waals surface area contributed by atoms with E-state index in [0.717, 1.165) is 36.4 Å². The molecule has 1 aliphatic carbocycles. The van der Waals surface area contributed by atoms with E-state index in [2.05, 4.69) is 28.4 Å². The van der Waals surface area contributed by atoms with E-state index in [1.54, 1.807) is 0 Å². The number of anilines is 1. The summed E-state index contributed by atoms with van der Waals surface area (Å²) in [6.07, 6.45) is 4.52. The number of hydrogen-bond donors (Lipinski definition) is 1. The lowest BCUT2D eigenvalue weighted by atomic mass is 9.94. The van der Waals surface area contributed by atoms with Gasteiger partial charge in [0, 0.05) is 12.2 Å². The van der Waals surface area contributed by atoms with Crippen LogP contribution in [0.5, 0.6) is 0 Å². The second kappa shape index (κ2) is 6.41. The van der Waals surface area contributed by atoms with Gasteiger partial charge in [-0.15, -0.1) is 24.0 Å². The topological polar surface area (TPSA) is 56.7 Å². The van der Waals surface area contributed by atoms with Gasteiger partial charge < -0.3 is 10.3 Å². The van der Waals surface area contributed by atoms with E-state index in [9.17, 15) is 0 Å². The van der Waals surface area contributed by atoms with E-state index < -0.39 is 0 Å². The third-order valence-corrected chi connectivity index (χ3v) is 4.18. The molecule has 0 spiro atoms. The number of halogens is 2. The zero-order chi connectivity index (χ0) is 14.3. The van der Waals surface area contributed by atoms with E-state index in [-0.39, 0.29) is 12.4 Å². The number of hydrogen-bond acceptors (Lipinski definition) is 3. The first-order valence-corrected chi connectivity index (χ1v) is 7.87. The summed E-state index contributed by atoms with van der Waals surface area (Å²) in [7, 11) is 0. The molecule has 116 valence electrons. The maximum absolute atomic E-state index is 6.12. The van der Waals surface area contributed by atoms with Crippen LogP contribution in [0.3, 0.4) is 0 Å². The lowest BCUT2D eigenvalue weighted by molar-refractivity contribution is 0.520. The normalized spacial score (nSPS) is 14.3. The van der Waals surface area contributed by atoms with Gasteiger partial charge in [0.2, 0.25) is 0 Å². The van der Waals surface area contributed by atoms with Crippen LogP contribution >= 0.6 is 24.0 Å². The van der Waals surface area contributed by atoms with Gasteiger partial charge in [-0.1, -0.05) is 13.8 Å². The molecule has 0 aliphatic heterocycles. The van der Waals surface area contributed by atoms with Crippen molar-refractivity contribution in [3.63, 3.8) is 0 Å². The second-order valence-electron chi connectivity index (χ2n) is 5.99. The molecule has 0 saturated carbocycles. The second-order valence-corrected chi connectivity index (χ2v) is 6.26. The number of imidazole rings is 1. The molecule has 0 atom stereocenters. The Morgan fingerprint density at radius 3 is 2.62 bits per heavy atom. The Kier molecular flexibility index (Phi) is 4.99. The van der Waals surface area contributed by atoms with E-state index in [1.807, 2.05) is 0 Å². The minimum absolute atomic E-state index is 0. The Labute approximate surface area is 136 Å². The molecule has 0 aromatic carbocycles. The molecule has 2 aromatic heterocycles. The Balaban J connectivity index is 0.00000161. The standard InChI is InChI=1S/C15H21ClN4.ClH/c1-9(2)8-20-12(7-16)19-13-14(20)10-5-3-4-6-11(10)18-15(13)17;/h9H,3-8H2,1-2H3,(H2,17,18);1H. The lowest BCUT2D eigenvalue weighted by Gasteiger charge is -2.19. The molecule has 0 amide bonds. The predicted molar refractivity (Wildman–Crippen MR) is 90.2 cm³/mol. The number of pyridine rings is 1. The fraction of sp³-hybridized carbons (Fsp3) is 0.600. The summed E-state index contributed by atoms with van der Waals surface area (Å²) in [5, 5.41) is 0. The van der Waals surface area contributed by atoms with Crippen LogP contribution in [0.4, 0.5) is 5.82 Å². The minimum Gasteiger partial charge on any atom is -0.382 e. The van der Waals surface area contributed by atoms with Gasteiger partial charge in [-0.2, -0.15) is 0 Å². The molecule has 2 heterocycles. The first kappa shape index (κ1) is 16.4. The van der Waals surface area contributed by atoms with Crippen molar-refractivity contribution in [3.8, 4) is 0 Å². The molecule has 21 heavy (non-hydrogen) atoms. The van der Waals surface area contributed by atoms with Crippen LogP contribution in [0.1, 0.15) is 43.8 Å². The predicted octanol–water partition coefficient (Wildman–Crippen LogP) is 3.71. The summed E-state index contributed by atoms with van der Waals surface area (Å²) in [4.78, 5) is 9.20. The van der Waals surface area contributed by atoms with Crippen molar-refractivity contribution in [1.82, 2.24) is 14.5 Å². The number of aromatic nitrogens is 3. The fourth-order valence-corrected chi connectivity index (χ4v) is 3.32. The average molecular weight is 329 g/mol. The number of fused-ring (bicyclic) bond motifs is 3. The van der Waals surface area contributed by atoms with Gasteiger partial charge in [-0.25, -0.2) is 9.97 Å². The third kappa shape index (κ3) is 2.84. The van der Waals surface area contributed by atoms with Crippen molar-refractivity contribution < 1.29 is 0 Å². The Morgan fingerprint density at radius 1 is 1.24 bits per heavy atom. The average Bonchev–Trinajstić information content (AvgIpc) is 2.78. The minimum atomic E-state index is 0. The van der Waals surface area contributed by atoms with Crippen molar-refractivity contribution in [1.29, 1.82) is 0 Å². The molecule has 1 aliphatic rings. The molecule has 6 heteroatoms. The number of nitrogen functional groups attached to an aromatic ring is 1. The van der Waals surface area contributed by atoms with Crippen LogP contribution in [-0.2, 0) is 25.3 Å². The molecule has 0 saturated heterocycles. The highest BCUT2D eigenvalue weighted by Crippen LogP contribution is 2.32. The molecule has 3 rings (SSSR count). The molecular weight excluding hydrogens is 307 g/mol. The summed E-state index contributed by atoms with van der Waals surface area (Å²) in [6, 6.07) is 0. The zero-order valence-corrected chi connectivity index (χ0v) is 14.1. The Bertz CT molecular complexity index is 649. The first-order chi connectivity index (χ1) is 9.61. The summed E-state index contributed by atoms with van der Waals surface area (Å²) in [6.45, 7) is 5.34. The van der Waals surface area contributed by atoms with Crippen LogP contribution in [0.15, 0.2) is 0 Å². The summed E-state index contributed by atoms with van der Waals surface area (Å²) in [5.41, 5.74) is 10.6. The molecule has 4 nitrogen and oxygen atoms in total. The monoisotopic (exact) mass is 328 g/mol. The van der Waals surface area contributed by atoms with Gasteiger partial charge in [0.05, 0.1) is 11.4 Å². The molecule has 0 fully saturated rings. The number of nitrogens with two attached hydrogens (primary N) is 1. The molecule has 0 unspecified atom stereocenters. The highest BCUT2D eigenvalue weighted by atomic mass is 35.5. The quantitative estimate of drug-likeness (QED) is 0.874. The smallest absolute Gasteiger partial charge is 0.151 e. The number of alkyl halides is 1.